The molecular formula is C6H14N2OS. The van der Waals surface area contributed by atoms with Crippen LogP contribution in [0.4, 0.5) is 0 Å². The zero-order valence-corrected chi connectivity index (χ0v) is 7.36. The van der Waals surface area contributed by atoms with Gasteiger partial charge in [-0.1, -0.05) is 13.8 Å². The van der Waals surface area contributed by atoms with E-state index in [4.69, 9.17) is 0 Å². The molecule has 0 spiro atoms. The van der Waals surface area contributed by atoms with E-state index in [1.54, 1.807) is 0 Å². The van der Waals surface area contributed by atoms with Crippen molar-refractivity contribution in [2.45, 2.75) is 26.7 Å². The molecule has 0 amide bonds. The Hall–Kier alpha value is -0.220. The summed E-state index contributed by atoms with van der Waals surface area (Å²) in [5.41, 5.74) is 0. The van der Waals surface area contributed by atoms with Crippen molar-refractivity contribution >= 4 is 11.5 Å². The van der Waals surface area contributed by atoms with Crippen LogP contribution in [-0.4, -0.2) is 22.3 Å². The second-order valence-corrected chi connectivity index (χ2v) is 2.42. The van der Waals surface area contributed by atoms with E-state index >= 15 is 0 Å². The summed E-state index contributed by atoms with van der Waals surface area (Å²) in [6.07, 6.45) is 2.09. The van der Waals surface area contributed by atoms with Gasteiger partial charge in [0, 0.05) is 13.1 Å². The summed E-state index contributed by atoms with van der Waals surface area (Å²) in [4.78, 5) is 0. The Bertz CT molecular complexity index is 117. The Balaban J connectivity index is 3.60. The molecule has 0 heterocycles. The molecule has 0 aromatic carbocycles. The molecule has 0 aromatic rings. The maximum atomic E-state index is 10.00. The van der Waals surface area contributed by atoms with Crippen LogP contribution in [0.15, 0.2) is 4.47 Å². The van der Waals surface area contributed by atoms with Crippen LogP contribution in [-0.2, 0) is 11.5 Å². The molecule has 3 nitrogen and oxygen atoms in total. The van der Waals surface area contributed by atoms with Crippen molar-refractivity contribution in [1.82, 2.24) is 5.01 Å². The third-order valence-electron chi connectivity index (χ3n) is 1.11. The monoisotopic (exact) mass is 162 g/mol. The first kappa shape index (κ1) is 9.78. The van der Waals surface area contributed by atoms with Gasteiger partial charge in [0.25, 0.3) is 0 Å². The molecule has 0 radical (unpaired) electrons. The summed E-state index contributed by atoms with van der Waals surface area (Å²) in [5, 5.41) is 1.82. The van der Waals surface area contributed by atoms with E-state index in [1.165, 1.54) is 0 Å². The first-order valence-corrected chi connectivity index (χ1v) is 4.29. The lowest BCUT2D eigenvalue weighted by atomic mass is 10.4. The summed E-state index contributed by atoms with van der Waals surface area (Å²) >= 11 is 0.291. The van der Waals surface area contributed by atoms with Gasteiger partial charge in [-0.05, 0) is 12.8 Å². The molecule has 60 valence electrons. The molecule has 10 heavy (non-hydrogen) atoms. The van der Waals surface area contributed by atoms with Crippen LogP contribution >= 0.6 is 0 Å². The van der Waals surface area contributed by atoms with Crippen LogP contribution in [0.25, 0.3) is 0 Å². The molecule has 0 aromatic heterocycles. The van der Waals surface area contributed by atoms with Crippen molar-refractivity contribution in [2.24, 2.45) is 4.47 Å². The molecule has 0 rings (SSSR count). The molecule has 0 bridgehead atoms. The van der Waals surface area contributed by atoms with Crippen LogP contribution in [0.3, 0.4) is 0 Å². The molecule has 0 saturated carbocycles. The predicted octanol–water partition coefficient (Wildman–Crippen LogP) is 1.42. The van der Waals surface area contributed by atoms with Gasteiger partial charge in [-0.15, -0.1) is 4.47 Å². The molecular weight excluding hydrogens is 148 g/mol. The van der Waals surface area contributed by atoms with Gasteiger partial charge >= 0.3 is 0 Å². The minimum atomic E-state index is 0.291. The minimum Gasteiger partial charge on any atom is -0.190 e. The lowest BCUT2D eigenvalue weighted by Crippen LogP contribution is -2.18. The second-order valence-electron chi connectivity index (χ2n) is 2.11. The number of hydrogen-bond donors (Lipinski definition) is 0. The highest BCUT2D eigenvalue weighted by atomic mass is 32.1. The second kappa shape index (κ2) is 6.89. The fourth-order valence-electron chi connectivity index (χ4n) is 0.757. The zero-order valence-electron chi connectivity index (χ0n) is 6.54. The van der Waals surface area contributed by atoms with E-state index < -0.39 is 0 Å². The number of nitrogens with zero attached hydrogens (tertiary/aromatic N) is 2. The van der Waals surface area contributed by atoms with Crippen molar-refractivity contribution in [1.29, 1.82) is 0 Å². The Labute approximate surface area is 65.6 Å². The van der Waals surface area contributed by atoms with Crippen LogP contribution in [0, 0.1) is 0 Å². The lowest BCUT2D eigenvalue weighted by molar-refractivity contribution is 0.295. The predicted molar refractivity (Wildman–Crippen MR) is 42.7 cm³/mol. The summed E-state index contributed by atoms with van der Waals surface area (Å²) in [5.74, 6) is 0. The van der Waals surface area contributed by atoms with E-state index in [0.29, 0.717) is 11.5 Å². The summed E-state index contributed by atoms with van der Waals surface area (Å²) in [7, 11) is 0. The van der Waals surface area contributed by atoms with E-state index in [1.807, 2.05) is 5.01 Å². The van der Waals surface area contributed by atoms with E-state index in [0.717, 1.165) is 25.9 Å². The van der Waals surface area contributed by atoms with Crippen molar-refractivity contribution in [3.63, 3.8) is 0 Å². The Morgan fingerprint density at radius 1 is 1.30 bits per heavy atom. The van der Waals surface area contributed by atoms with Crippen molar-refractivity contribution < 1.29 is 4.21 Å². The minimum absolute atomic E-state index is 0.291. The Morgan fingerprint density at radius 3 is 2.10 bits per heavy atom. The third kappa shape index (κ3) is 4.64. The summed E-state index contributed by atoms with van der Waals surface area (Å²) < 4.78 is 13.7. The maximum absolute atomic E-state index is 10.00. The van der Waals surface area contributed by atoms with Crippen molar-refractivity contribution in [3.05, 3.63) is 0 Å². The van der Waals surface area contributed by atoms with Crippen LogP contribution in [0.1, 0.15) is 26.7 Å². The highest BCUT2D eigenvalue weighted by molar-refractivity contribution is 7.54. The maximum Gasteiger partial charge on any atom is 0.217 e. The van der Waals surface area contributed by atoms with E-state index in [-0.39, 0.29) is 0 Å². The number of rotatable bonds is 5. The van der Waals surface area contributed by atoms with Gasteiger partial charge in [-0.3, -0.25) is 0 Å². The SMILES string of the molecule is CCCN(CCC)N=S=O. The topological polar surface area (TPSA) is 32.7 Å². The van der Waals surface area contributed by atoms with Crippen LogP contribution in [0.2, 0.25) is 0 Å². The third-order valence-corrected chi connectivity index (χ3v) is 1.41. The van der Waals surface area contributed by atoms with Gasteiger partial charge in [0.05, 0.1) is 0 Å². The Kier molecular flexibility index (Phi) is 6.74. The Morgan fingerprint density at radius 2 is 1.80 bits per heavy atom. The first-order valence-electron chi connectivity index (χ1n) is 3.60. The molecule has 0 fully saturated rings. The quantitative estimate of drug-likeness (QED) is 0.573. The molecule has 0 aliphatic heterocycles. The van der Waals surface area contributed by atoms with Gasteiger partial charge in [-0.25, -0.2) is 0 Å². The average Bonchev–Trinajstić information content (AvgIpc) is 1.90. The molecule has 0 aliphatic rings. The van der Waals surface area contributed by atoms with E-state index in [9.17, 15) is 4.21 Å². The normalized spacial score (nSPS) is 9.90. The fraction of sp³-hybridized carbons (Fsp3) is 1.00. The number of hydrogen-bond acceptors (Lipinski definition) is 2. The van der Waals surface area contributed by atoms with Crippen LogP contribution < -0.4 is 0 Å². The van der Waals surface area contributed by atoms with Gasteiger partial charge < -0.3 is 0 Å². The zero-order chi connectivity index (χ0) is 7.82. The highest BCUT2D eigenvalue weighted by Crippen LogP contribution is 1.92. The molecule has 0 aliphatic carbocycles. The standard InChI is InChI=1S/C6H14N2OS/c1-3-5-8(6-4-2)7-10-9/h3-6H2,1-2H3. The average molecular weight is 162 g/mol. The largest absolute Gasteiger partial charge is 0.217 e. The smallest absolute Gasteiger partial charge is 0.190 e. The molecule has 0 unspecified atom stereocenters. The molecule has 4 heteroatoms. The van der Waals surface area contributed by atoms with Crippen LogP contribution in [0.5, 0.6) is 0 Å². The van der Waals surface area contributed by atoms with Gasteiger partial charge in [0.15, 0.2) is 0 Å². The highest BCUT2D eigenvalue weighted by Gasteiger charge is 1.96. The van der Waals surface area contributed by atoms with Gasteiger partial charge in [-0.2, -0.15) is 9.22 Å². The molecule has 0 atom stereocenters. The fourth-order valence-corrected chi connectivity index (χ4v) is 1.01. The van der Waals surface area contributed by atoms with Gasteiger partial charge in [0.1, 0.15) is 0 Å². The first-order chi connectivity index (χ1) is 4.85. The van der Waals surface area contributed by atoms with E-state index in [2.05, 4.69) is 18.3 Å². The van der Waals surface area contributed by atoms with Crippen molar-refractivity contribution in [2.75, 3.05) is 13.1 Å². The van der Waals surface area contributed by atoms with Gasteiger partial charge in [0.2, 0.25) is 11.5 Å². The summed E-state index contributed by atoms with van der Waals surface area (Å²) in [6, 6.07) is 0. The molecule has 0 N–H and O–H groups in total. The van der Waals surface area contributed by atoms with Crippen molar-refractivity contribution in [3.8, 4) is 0 Å². The summed E-state index contributed by atoms with van der Waals surface area (Å²) in [6.45, 7) is 5.94. The lowest BCUT2D eigenvalue weighted by Gasteiger charge is -2.10. The molecule has 0 saturated heterocycles.